The van der Waals surface area contributed by atoms with Gasteiger partial charge in [-0.25, -0.2) is 14.4 Å². The van der Waals surface area contributed by atoms with Crippen LogP contribution in [0.25, 0.3) is 0 Å². The molecule has 1 aromatic rings. The average molecular weight is 460 g/mol. The van der Waals surface area contributed by atoms with E-state index in [1.54, 1.807) is 12.1 Å². The molecule has 0 bridgehead atoms. The third-order valence-electron chi connectivity index (χ3n) is 6.82. The van der Waals surface area contributed by atoms with E-state index in [0.717, 1.165) is 50.7 Å². The smallest absolute Gasteiger partial charge is 0.203 e. The average Bonchev–Trinajstić information content (AvgIpc) is 3.07. The lowest BCUT2D eigenvalue weighted by atomic mass is 10.1. The Morgan fingerprint density at radius 2 is 1.79 bits per heavy atom. The van der Waals surface area contributed by atoms with Crippen molar-refractivity contribution in [3.8, 4) is 5.75 Å². The first-order chi connectivity index (χ1) is 16.0. The van der Waals surface area contributed by atoms with Crippen molar-refractivity contribution in [2.24, 2.45) is 9.98 Å². The molecule has 3 aliphatic rings. The summed E-state index contributed by atoms with van der Waals surface area (Å²) >= 11 is 0. The van der Waals surface area contributed by atoms with E-state index in [9.17, 15) is 4.39 Å². The summed E-state index contributed by atoms with van der Waals surface area (Å²) in [4.78, 5) is 14.3. The fourth-order valence-electron chi connectivity index (χ4n) is 4.70. The first-order valence-corrected chi connectivity index (χ1v) is 12.2. The summed E-state index contributed by atoms with van der Waals surface area (Å²) in [6.45, 7) is 2.11. The number of ether oxygens (including phenoxy) is 1. The standard InChI is InChI=1S/C24H38FN7O/c1-31-14-12-18(13-15-31)27-23-29-22(26-17-8-6-4-5-7-9-17)30-24(32(23)2)28-19-10-11-21(33-3)20(25)16-19/h10-11,16-18,24,28H,4-9,12-15H2,1-3H3,(H2,26,27,29,30). The molecular formula is C24H38FN7O. The van der Waals surface area contributed by atoms with E-state index in [-0.39, 0.29) is 11.8 Å². The van der Waals surface area contributed by atoms with Crippen molar-refractivity contribution in [1.82, 2.24) is 20.4 Å². The molecule has 2 aliphatic heterocycles. The van der Waals surface area contributed by atoms with Gasteiger partial charge in [0.1, 0.15) is 0 Å². The Morgan fingerprint density at radius 3 is 2.45 bits per heavy atom. The van der Waals surface area contributed by atoms with E-state index in [1.807, 2.05) is 11.9 Å². The molecule has 1 aliphatic carbocycles. The van der Waals surface area contributed by atoms with Crippen LogP contribution in [0.1, 0.15) is 51.4 Å². The minimum Gasteiger partial charge on any atom is -0.494 e. The van der Waals surface area contributed by atoms with Crippen LogP contribution in [0.5, 0.6) is 5.75 Å². The highest BCUT2D eigenvalue weighted by Gasteiger charge is 2.28. The number of hydrogen-bond acceptors (Lipinski definition) is 6. The van der Waals surface area contributed by atoms with Crippen molar-refractivity contribution < 1.29 is 9.13 Å². The zero-order valence-electron chi connectivity index (χ0n) is 20.1. The van der Waals surface area contributed by atoms with Gasteiger partial charge in [0.2, 0.25) is 18.2 Å². The molecule has 2 fully saturated rings. The molecule has 0 aromatic heterocycles. The number of methoxy groups -OCH3 is 1. The maximum atomic E-state index is 14.3. The van der Waals surface area contributed by atoms with Crippen molar-refractivity contribution in [2.45, 2.75) is 69.7 Å². The summed E-state index contributed by atoms with van der Waals surface area (Å²) in [6.07, 6.45) is 9.08. The van der Waals surface area contributed by atoms with Crippen LogP contribution < -0.4 is 20.7 Å². The van der Waals surface area contributed by atoms with Crippen LogP contribution in [-0.4, -0.2) is 74.4 Å². The second kappa shape index (κ2) is 11.0. The maximum Gasteiger partial charge on any atom is 0.203 e. The van der Waals surface area contributed by atoms with Crippen molar-refractivity contribution in [2.75, 3.05) is 39.6 Å². The van der Waals surface area contributed by atoms with Gasteiger partial charge in [0.05, 0.1) is 13.2 Å². The molecule has 1 aromatic carbocycles. The number of hydrogen-bond donors (Lipinski definition) is 3. The van der Waals surface area contributed by atoms with Crippen molar-refractivity contribution in [3.05, 3.63) is 24.0 Å². The van der Waals surface area contributed by atoms with Gasteiger partial charge in [-0.1, -0.05) is 25.7 Å². The van der Waals surface area contributed by atoms with E-state index in [1.165, 1.54) is 38.9 Å². The molecular weight excluding hydrogens is 421 g/mol. The molecule has 3 N–H and O–H groups in total. The highest BCUT2D eigenvalue weighted by atomic mass is 19.1. The Balaban J connectivity index is 1.54. The van der Waals surface area contributed by atoms with Crippen molar-refractivity contribution >= 4 is 17.6 Å². The fourth-order valence-corrected chi connectivity index (χ4v) is 4.70. The predicted octanol–water partition coefficient (Wildman–Crippen LogP) is 3.18. The van der Waals surface area contributed by atoms with Crippen LogP contribution in [0.2, 0.25) is 0 Å². The second-order valence-electron chi connectivity index (χ2n) is 9.40. The predicted molar refractivity (Wildman–Crippen MR) is 131 cm³/mol. The summed E-state index contributed by atoms with van der Waals surface area (Å²) < 4.78 is 19.3. The molecule has 1 saturated heterocycles. The minimum atomic E-state index is -0.405. The lowest BCUT2D eigenvalue weighted by molar-refractivity contribution is 0.255. The lowest BCUT2D eigenvalue weighted by Gasteiger charge is -2.36. The van der Waals surface area contributed by atoms with E-state index in [0.29, 0.717) is 11.7 Å². The molecule has 9 heteroatoms. The first-order valence-electron chi connectivity index (χ1n) is 12.2. The zero-order chi connectivity index (χ0) is 23.2. The second-order valence-corrected chi connectivity index (χ2v) is 9.40. The van der Waals surface area contributed by atoms with Crippen LogP contribution in [0.3, 0.4) is 0 Å². The van der Waals surface area contributed by atoms with Gasteiger partial charge in [-0.05, 0) is 58.0 Å². The van der Waals surface area contributed by atoms with Gasteiger partial charge in [0.25, 0.3) is 0 Å². The molecule has 0 amide bonds. The molecule has 2 heterocycles. The van der Waals surface area contributed by atoms with Crippen LogP contribution in [0.4, 0.5) is 10.1 Å². The van der Waals surface area contributed by atoms with Crippen molar-refractivity contribution in [1.29, 1.82) is 0 Å². The Labute approximate surface area is 196 Å². The summed E-state index contributed by atoms with van der Waals surface area (Å²) in [6, 6.07) is 5.56. The van der Waals surface area contributed by atoms with Gasteiger partial charge < -0.3 is 25.2 Å². The highest BCUT2D eigenvalue weighted by molar-refractivity contribution is 6.00. The number of halogens is 1. The van der Waals surface area contributed by atoms with E-state index in [2.05, 4.69) is 27.9 Å². The summed E-state index contributed by atoms with van der Waals surface area (Å²) in [7, 11) is 5.58. The number of guanidine groups is 2. The molecule has 0 radical (unpaired) electrons. The molecule has 1 saturated carbocycles. The lowest BCUT2D eigenvalue weighted by Crippen LogP contribution is -2.59. The Morgan fingerprint density at radius 1 is 1.06 bits per heavy atom. The topological polar surface area (TPSA) is 76.5 Å². The Hall–Kier alpha value is -2.55. The number of nitrogens with zero attached hydrogens (tertiary/aromatic N) is 4. The fraction of sp³-hybridized carbons (Fsp3) is 0.667. The largest absolute Gasteiger partial charge is 0.494 e. The van der Waals surface area contributed by atoms with Gasteiger partial charge in [0.15, 0.2) is 11.6 Å². The third-order valence-corrected chi connectivity index (χ3v) is 6.82. The highest BCUT2D eigenvalue weighted by Crippen LogP contribution is 2.23. The molecule has 8 nitrogen and oxygen atoms in total. The maximum absolute atomic E-state index is 14.3. The van der Waals surface area contributed by atoms with Gasteiger partial charge >= 0.3 is 0 Å². The quantitative estimate of drug-likeness (QED) is 0.587. The van der Waals surface area contributed by atoms with Gasteiger partial charge in [-0.3, -0.25) is 5.32 Å². The molecule has 1 unspecified atom stereocenters. The Bertz CT molecular complexity index is 845. The molecule has 182 valence electrons. The van der Waals surface area contributed by atoms with Gasteiger partial charge in [-0.15, -0.1) is 0 Å². The normalized spacial score (nSPS) is 24.7. The summed E-state index contributed by atoms with van der Waals surface area (Å²) in [5.41, 5.74) is 0.642. The number of benzene rings is 1. The number of rotatable bonds is 5. The van der Waals surface area contributed by atoms with E-state index >= 15 is 0 Å². The minimum absolute atomic E-state index is 0.225. The number of piperidine rings is 1. The third kappa shape index (κ3) is 6.28. The number of anilines is 1. The first kappa shape index (κ1) is 23.6. The molecule has 0 spiro atoms. The van der Waals surface area contributed by atoms with Crippen LogP contribution in [-0.2, 0) is 0 Å². The SMILES string of the molecule is COc1ccc(NC2N=C(NC3CCCCCC3)NC(=NC3CCN(C)CC3)N2C)cc1F. The monoisotopic (exact) mass is 459 g/mol. The number of aliphatic imine (C=N–C) groups is 2. The van der Waals surface area contributed by atoms with Gasteiger partial charge in [-0.2, -0.15) is 0 Å². The molecule has 4 rings (SSSR count). The number of likely N-dealkylation sites (tertiary alicyclic amines) is 1. The summed E-state index contributed by atoms with van der Waals surface area (Å²) in [5.74, 6) is 1.35. The Kier molecular flexibility index (Phi) is 7.90. The number of nitrogens with one attached hydrogen (secondary N) is 3. The van der Waals surface area contributed by atoms with Crippen LogP contribution in [0, 0.1) is 5.82 Å². The van der Waals surface area contributed by atoms with Crippen molar-refractivity contribution in [3.63, 3.8) is 0 Å². The van der Waals surface area contributed by atoms with Gasteiger partial charge in [0, 0.05) is 24.8 Å². The van der Waals surface area contributed by atoms with E-state index < -0.39 is 12.1 Å². The van der Waals surface area contributed by atoms with E-state index in [4.69, 9.17) is 14.7 Å². The van der Waals surface area contributed by atoms with Crippen LogP contribution in [0.15, 0.2) is 28.2 Å². The van der Waals surface area contributed by atoms with Crippen LogP contribution >= 0.6 is 0 Å². The molecule has 33 heavy (non-hydrogen) atoms. The zero-order valence-corrected chi connectivity index (χ0v) is 20.1. The summed E-state index contributed by atoms with van der Waals surface area (Å²) in [5, 5.41) is 10.4. The molecule has 1 atom stereocenters.